The summed E-state index contributed by atoms with van der Waals surface area (Å²) in [4.78, 5) is 14.3. The second-order valence-corrected chi connectivity index (χ2v) is 7.23. The highest BCUT2D eigenvalue weighted by molar-refractivity contribution is 5.78. The molecule has 2 unspecified atom stereocenters. The fraction of sp³-hybridized carbons (Fsp3) is 0.632. The number of hydrogen-bond donors (Lipinski definition) is 2. The van der Waals surface area contributed by atoms with Gasteiger partial charge in [-0.25, -0.2) is 0 Å². The highest BCUT2D eigenvalue weighted by Gasteiger charge is 2.38. The van der Waals surface area contributed by atoms with Crippen LogP contribution in [-0.4, -0.2) is 42.2 Å². The number of hydrogen-bond acceptors (Lipinski definition) is 3. The second-order valence-electron chi connectivity index (χ2n) is 7.23. The fourth-order valence-electron chi connectivity index (χ4n) is 3.55. The summed E-state index contributed by atoms with van der Waals surface area (Å²) < 4.78 is 0. The molecule has 128 valence electrons. The third-order valence-electron chi connectivity index (χ3n) is 5.07. The quantitative estimate of drug-likeness (QED) is 0.811. The van der Waals surface area contributed by atoms with Crippen molar-refractivity contribution >= 4 is 5.91 Å². The van der Waals surface area contributed by atoms with E-state index >= 15 is 0 Å². The molecule has 0 fully saturated rings. The van der Waals surface area contributed by atoms with Gasteiger partial charge < -0.3 is 10.0 Å². The molecule has 0 aromatic heterocycles. The van der Waals surface area contributed by atoms with Crippen molar-refractivity contribution in [1.82, 2.24) is 10.2 Å². The Kier molecular flexibility index (Phi) is 5.82. The Labute approximate surface area is 139 Å². The van der Waals surface area contributed by atoms with Crippen molar-refractivity contribution in [3.63, 3.8) is 0 Å². The van der Waals surface area contributed by atoms with Gasteiger partial charge in [-0.3, -0.25) is 10.1 Å². The molecule has 23 heavy (non-hydrogen) atoms. The number of nitrogens with zero attached hydrogens (tertiary/aromatic N) is 1. The molecule has 0 bridgehead atoms. The first-order valence-electron chi connectivity index (χ1n) is 8.59. The largest absolute Gasteiger partial charge is 0.394 e. The molecule has 0 heterocycles. The van der Waals surface area contributed by atoms with Crippen LogP contribution in [0, 0.1) is 5.92 Å². The summed E-state index contributed by atoms with van der Waals surface area (Å²) in [5.41, 5.74) is 1.92. The molecule has 2 rings (SSSR count). The van der Waals surface area contributed by atoms with Gasteiger partial charge in [0.2, 0.25) is 5.91 Å². The number of aryl methyl sites for hydroxylation is 1. The van der Waals surface area contributed by atoms with Crippen molar-refractivity contribution in [2.75, 3.05) is 20.2 Å². The number of aliphatic hydroxyl groups excluding tert-OH is 1. The van der Waals surface area contributed by atoms with Gasteiger partial charge in [0.1, 0.15) is 0 Å². The average Bonchev–Trinajstić information content (AvgIpc) is 2.91. The lowest BCUT2D eigenvalue weighted by atomic mass is 9.92. The number of nitrogens with one attached hydrogen (secondary N) is 1. The summed E-state index contributed by atoms with van der Waals surface area (Å²) >= 11 is 0. The lowest BCUT2D eigenvalue weighted by Crippen LogP contribution is -2.49. The van der Waals surface area contributed by atoms with Crippen molar-refractivity contribution in [3.05, 3.63) is 35.4 Å². The monoisotopic (exact) mass is 318 g/mol. The van der Waals surface area contributed by atoms with E-state index in [0.29, 0.717) is 5.92 Å². The maximum atomic E-state index is 12.5. The molecule has 2 N–H and O–H groups in total. The van der Waals surface area contributed by atoms with Gasteiger partial charge in [-0.2, -0.15) is 0 Å². The zero-order valence-electron chi connectivity index (χ0n) is 14.8. The Hall–Kier alpha value is -1.39. The number of rotatable bonds is 7. The molecule has 1 amide bonds. The van der Waals surface area contributed by atoms with Crippen molar-refractivity contribution < 1.29 is 9.90 Å². The van der Waals surface area contributed by atoms with Gasteiger partial charge in [-0.1, -0.05) is 38.1 Å². The van der Waals surface area contributed by atoms with Crippen molar-refractivity contribution in [2.24, 2.45) is 5.92 Å². The van der Waals surface area contributed by atoms with Gasteiger partial charge in [-0.05, 0) is 43.2 Å². The molecule has 1 aliphatic rings. The van der Waals surface area contributed by atoms with Crippen LogP contribution >= 0.6 is 0 Å². The molecule has 0 aliphatic heterocycles. The molecule has 0 spiro atoms. The van der Waals surface area contributed by atoms with E-state index in [1.165, 1.54) is 5.56 Å². The van der Waals surface area contributed by atoms with Gasteiger partial charge in [-0.15, -0.1) is 0 Å². The molecular weight excluding hydrogens is 288 g/mol. The minimum Gasteiger partial charge on any atom is -0.394 e. The predicted molar refractivity (Wildman–Crippen MR) is 93.2 cm³/mol. The first-order chi connectivity index (χ1) is 10.9. The first-order valence-corrected chi connectivity index (χ1v) is 8.59. The third-order valence-corrected chi connectivity index (χ3v) is 5.07. The van der Waals surface area contributed by atoms with Gasteiger partial charge in [0.05, 0.1) is 18.7 Å². The lowest BCUT2D eigenvalue weighted by molar-refractivity contribution is -0.131. The van der Waals surface area contributed by atoms with Crippen LogP contribution in [-0.2, 0) is 16.8 Å². The van der Waals surface area contributed by atoms with E-state index in [2.05, 4.69) is 38.2 Å². The molecule has 2 atom stereocenters. The Morgan fingerprint density at radius 1 is 1.35 bits per heavy atom. The van der Waals surface area contributed by atoms with E-state index in [-0.39, 0.29) is 25.1 Å². The Morgan fingerprint density at radius 2 is 2.04 bits per heavy atom. The summed E-state index contributed by atoms with van der Waals surface area (Å²) in [5.74, 6) is 0.647. The number of likely N-dealkylation sites (N-methyl/N-ethyl adjacent to an activating group) is 1. The number of amides is 1. The summed E-state index contributed by atoms with van der Waals surface area (Å²) in [6.45, 7) is 6.70. The van der Waals surface area contributed by atoms with Crippen LogP contribution in [0.2, 0.25) is 0 Å². The summed E-state index contributed by atoms with van der Waals surface area (Å²) in [6, 6.07) is 8.41. The molecular formula is C19H30N2O2. The second kappa shape index (κ2) is 7.45. The Morgan fingerprint density at radius 3 is 2.70 bits per heavy atom. The van der Waals surface area contributed by atoms with Crippen LogP contribution in [0.25, 0.3) is 0 Å². The highest BCUT2D eigenvalue weighted by Crippen LogP contribution is 2.36. The number of aliphatic hydroxyl groups is 1. The van der Waals surface area contributed by atoms with Crippen molar-refractivity contribution in [1.29, 1.82) is 0 Å². The van der Waals surface area contributed by atoms with E-state index < -0.39 is 5.54 Å². The molecule has 1 aromatic carbocycles. The molecule has 1 aliphatic carbocycles. The molecule has 0 saturated carbocycles. The lowest BCUT2D eigenvalue weighted by Gasteiger charge is -2.32. The van der Waals surface area contributed by atoms with Crippen molar-refractivity contribution in [2.45, 2.75) is 51.6 Å². The van der Waals surface area contributed by atoms with Crippen LogP contribution in [0.3, 0.4) is 0 Å². The smallest absolute Gasteiger partial charge is 0.236 e. The van der Waals surface area contributed by atoms with E-state index in [1.54, 1.807) is 0 Å². The SMILES string of the molecule is CC(C)CC(C)N(C)C(=O)CNC1(CO)CCc2ccccc21. The summed E-state index contributed by atoms with van der Waals surface area (Å²) in [5, 5.41) is 13.3. The molecule has 4 heteroatoms. The van der Waals surface area contributed by atoms with Crippen molar-refractivity contribution in [3.8, 4) is 0 Å². The predicted octanol–water partition coefficient (Wildman–Crippen LogP) is 2.30. The van der Waals surface area contributed by atoms with Gasteiger partial charge in [0.15, 0.2) is 0 Å². The van der Waals surface area contributed by atoms with Gasteiger partial charge in [0.25, 0.3) is 0 Å². The topological polar surface area (TPSA) is 52.6 Å². The van der Waals surface area contributed by atoms with Crippen LogP contribution in [0.15, 0.2) is 24.3 Å². The first kappa shape index (κ1) is 18.0. The fourth-order valence-corrected chi connectivity index (χ4v) is 3.55. The van der Waals surface area contributed by atoms with Crippen LogP contribution in [0.5, 0.6) is 0 Å². The molecule has 1 aromatic rings. The zero-order valence-corrected chi connectivity index (χ0v) is 14.8. The maximum absolute atomic E-state index is 12.5. The van der Waals surface area contributed by atoms with E-state index in [0.717, 1.165) is 24.8 Å². The highest BCUT2D eigenvalue weighted by atomic mass is 16.3. The maximum Gasteiger partial charge on any atom is 0.236 e. The number of carbonyl (C=O) groups excluding carboxylic acids is 1. The van der Waals surface area contributed by atoms with Crippen LogP contribution < -0.4 is 5.32 Å². The average molecular weight is 318 g/mol. The number of carbonyl (C=O) groups is 1. The third kappa shape index (κ3) is 3.93. The number of benzene rings is 1. The zero-order chi connectivity index (χ0) is 17.0. The van der Waals surface area contributed by atoms with E-state index in [4.69, 9.17) is 0 Å². The normalized spacial score (nSPS) is 21.3. The molecule has 0 saturated heterocycles. The van der Waals surface area contributed by atoms with Gasteiger partial charge >= 0.3 is 0 Å². The molecule has 4 nitrogen and oxygen atoms in total. The standard InChI is InChI=1S/C19H30N2O2/c1-14(2)11-15(3)21(4)18(23)12-20-19(13-22)10-9-16-7-5-6-8-17(16)19/h5-8,14-15,20,22H,9-13H2,1-4H3. The summed E-state index contributed by atoms with van der Waals surface area (Å²) in [7, 11) is 1.87. The Bertz CT molecular complexity index is 544. The Balaban J connectivity index is 2.00. The van der Waals surface area contributed by atoms with E-state index in [9.17, 15) is 9.90 Å². The number of fused-ring (bicyclic) bond motifs is 1. The van der Waals surface area contributed by atoms with E-state index in [1.807, 2.05) is 24.1 Å². The van der Waals surface area contributed by atoms with Crippen LogP contribution in [0.1, 0.15) is 44.7 Å². The minimum atomic E-state index is -0.478. The van der Waals surface area contributed by atoms with Gasteiger partial charge in [0, 0.05) is 13.1 Å². The molecule has 0 radical (unpaired) electrons. The minimum absolute atomic E-state index is 0.0164. The van der Waals surface area contributed by atoms with Crippen LogP contribution in [0.4, 0.5) is 0 Å². The summed E-state index contributed by atoms with van der Waals surface area (Å²) in [6.07, 6.45) is 2.77.